The van der Waals surface area contributed by atoms with Crippen molar-refractivity contribution in [3.63, 3.8) is 0 Å². The Labute approximate surface area is 189 Å². The summed E-state index contributed by atoms with van der Waals surface area (Å²) in [5.41, 5.74) is 4.02. The van der Waals surface area contributed by atoms with E-state index in [1.165, 1.54) is 0 Å². The fraction of sp³-hybridized carbons (Fsp3) is 0.192. The molecule has 0 fully saturated rings. The Balaban J connectivity index is 1.80. The van der Waals surface area contributed by atoms with Crippen LogP contribution in [0.1, 0.15) is 12.5 Å². The van der Waals surface area contributed by atoms with Crippen molar-refractivity contribution in [1.29, 1.82) is 0 Å². The minimum atomic E-state index is -0.317. The quantitative estimate of drug-likeness (QED) is 0.299. The first-order chi connectivity index (χ1) is 16.0. The van der Waals surface area contributed by atoms with Gasteiger partial charge in [-0.05, 0) is 37.6 Å². The molecule has 0 bridgehead atoms. The zero-order valence-corrected chi connectivity index (χ0v) is 18.2. The van der Waals surface area contributed by atoms with E-state index in [9.17, 15) is 9.59 Å². The molecular weight excluding hydrogens is 418 g/mol. The van der Waals surface area contributed by atoms with Crippen LogP contribution < -0.4 is 15.6 Å². The number of nitrogens with one attached hydrogen (secondary N) is 1. The molecule has 2 aromatic carbocycles. The fourth-order valence-electron chi connectivity index (χ4n) is 4.51. The number of aliphatic hydroxyl groups excluding tert-OH is 1. The maximum atomic E-state index is 13.5. The molecule has 0 spiro atoms. The summed E-state index contributed by atoms with van der Waals surface area (Å²) in [4.78, 5) is 30.2. The van der Waals surface area contributed by atoms with Gasteiger partial charge in [-0.15, -0.1) is 0 Å². The van der Waals surface area contributed by atoms with Gasteiger partial charge < -0.3 is 15.2 Å². The van der Waals surface area contributed by atoms with Gasteiger partial charge in [0.05, 0.1) is 23.2 Å². The molecule has 0 aliphatic carbocycles. The van der Waals surface area contributed by atoms with E-state index in [4.69, 9.17) is 9.84 Å². The van der Waals surface area contributed by atoms with Crippen molar-refractivity contribution in [3.8, 4) is 5.75 Å². The largest absolute Gasteiger partial charge is 0.483 e. The highest BCUT2D eigenvalue weighted by Gasteiger charge is 2.22. The van der Waals surface area contributed by atoms with E-state index in [2.05, 4.69) is 16.9 Å². The van der Waals surface area contributed by atoms with Crippen molar-refractivity contribution in [2.24, 2.45) is 0 Å². The maximum Gasteiger partial charge on any atom is 0.263 e. The molecule has 0 radical (unpaired) electrons. The van der Waals surface area contributed by atoms with Crippen LogP contribution in [0.25, 0.3) is 38.1 Å². The summed E-state index contributed by atoms with van der Waals surface area (Å²) in [6, 6.07) is 13.1. The number of ether oxygens (including phenoxy) is 1. The predicted octanol–water partition coefficient (Wildman–Crippen LogP) is 3.20. The Bertz CT molecular complexity index is 1600. The summed E-state index contributed by atoms with van der Waals surface area (Å²) in [6.45, 7) is 5.86. The van der Waals surface area contributed by atoms with E-state index in [0.29, 0.717) is 17.6 Å². The summed E-state index contributed by atoms with van der Waals surface area (Å²) in [6.07, 6.45) is 2.29. The first-order valence-electron chi connectivity index (χ1n) is 10.7. The SMILES string of the molecule is C=C(C)Cc1c(OCC(=O)NCCO)ccc2c1c1ccnc3c4ccccc4c(=O)n2c13. The topological polar surface area (TPSA) is 92.9 Å². The van der Waals surface area contributed by atoms with Crippen LogP contribution in [0.5, 0.6) is 5.75 Å². The van der Waals surface area contributed by atoms with Crippen LogP contribution in [-0.2, 0) is 11.2 Å². The van der Waals surface area contributed by atoms with E-state index >= 15 is 0 Å². The van der Waals surface area contributed by atoms with Gasteiger partial charge in [0.2, 0.25) is 0 Å². The molecule has 33 heavy (non-hydrogen) atoms. The maximum absolute atomic E-state index is 13.5. The molecule has 166 valence electrons. The van der Waals surface area contributed by atoms with Crippen molar-refractivity contribution in [3.05, 3.63) is 76.7 Å². The third-order valence-electron chi connectivity index (χ3n) is 5.79. The van der Waals surface area contributed by atoms with Gasteiger partial charge in [0.25, 0.3) is 11.5 Å². The third kappa shape index (κ3) is 3.37. The van der Waals surface area contributed by atoms with Crippen LogP contribution in [0.2, 0.25) is 0 Å². The molecule has 0 aliphatic heterocycles. The Hall–Kier alpha value is -3.97. The van der Waals surface area contributed by atoms with Gasteiger partial charge in [0.15, 0.2) is 6.61 Å². The molecular formula is C26H23N3O4. The second kappa shape index (κ2) is 8.18. The Morgan fingerprint density at radius 3 is 2.70 bits per heavy atom. The van der Waals surface area contributed by atoms with Crippen LogP contribution >= 0.6 is 0 Å². The number of hydrogen-bond donors (Lipinski definition) is 2. The fourth-order valence-corrected chi connectivity index (χ4v) is 4.51. The van der Waals surface area contributed by atoms with Gasteiger partial charge in [-0.3, -0.25) is 19.0 Å². The number of hydrogen-bond acceptors (Lipinski definition) is 5. The van der Waals surface area contributed by atoms with Gasteiger partial charge in [0, 0.05) is 39.8 Å². The second-order valence-electron chi connectivity index (χ2n) is 8.17. The number of carbonyl (C=O) groups excluding carboxylic acids is 1. The summed E-state index contributed by atoms with van der Waals surface area (Å²) >= 11 is 0. The number of carbonyl (C=O) groups is 1. The molecule has 5 aromatic rings. The zero-order chi connectivity index (χ0) is 23.1. The molecule has 1 amide bonds. The number of aromatic nitrogens is 2. The average Bonchev–Trinajstić information content (AvgIpc) is 3.16. The number of fused-ring (bicyclic) bond motifs is 5. The molecule has 2 N–H and O–H groups in total. The van der Waals surface area contributed by atoms with Gasteiger partial charge in [0.1, 0.15) is 5.75 Å². The highest BCUT2D eigenvalue weighted by molar-refractivity contribution is 6.19. The number of allylic oxidation sites excluding steroid dienone is 1. The molecule has 7 nitrogen and oxygen atoms in total. The van der Waals surface area contributed by atoms with E-state index in [0.717, 1.165) is 43.8 Å². The van der Waals surface area contributed by atoms with Crippen LogP contribution in [0, 0.1) is 0 Å². The van der Waals surface area contributed by atoms with Crippen LogP contribution in [0.4, 0.5) is 0 Å². The molecule has 0 unspecified atom stereocenters. The van der Waals surface area contributed by atoms with Crippen LogP contribution in [-0.4, -0.2) is 40.2 Å². The monoisotopic (exact) mass is 441 g/mol. The molecule has 3 aromatic heterocycles. The van der Waals surface area contributed by atoms with E-state index < -0.39 is 0 Å². The number of rotatable bonds is 7. The minimum Gasteiger partial charge on any atom is -0.483 e. The lowest BCUT2D eigenvalue weighted by atomic mass is 9.99. The number of benzene rings is 2. The van der Waals surface area contributed by atoms with Crippen molar-refractivity contribution in [2.75, 3.05) is 19.8 Å². The molecule has 7 heteroatoms. The summed E-state index contributed by atoms with van der Waals surface area (Å²) in [5.74, 6) is 0.245. The summed E-state index contributed by atoms with van der Waals surface area (Å²) in [7, 11) is 0. The highest BCUT2D eigenvalue weighted by atomic mass is 16.5. The molecule has 0 aliphatic rings. The molecule has 3 heterocycles. The first kappa shape index (κ1) is 20.9. The summed E-state index contributed by atoms with van der Waals surface area (Å²) in [5, 5.41) is 14.7. The lowest BCUT2D eigenvalue weighted by molar-refractivity contribution is -0.123. The minimum absolute atomic E-state index is 0.0931. The number of aliphatic hydroxyl groups is 1. The van der Waals surface area contributed by atoms with Crippen LogP contribution in [0.3, 0.4) is 0 Å². The molecule has 0 saturated heterocycles. The van der Waals surface area contributed by atoms with Crippen molar-refractivity contribution in [2.45, 2.75) is 13.3 Å². The normalized spacial score (nSPS) is 11.6. The van der Waals surface area contributed by atoms with E-state index in [1.807, 2.05) is 43.3 Å². The summed E-state index contributed by atoms with van der Waals surface area (Å²) < 4.78 is 7.62. The number of amides is 1. The number of pyridine rings is 2. The highest BCUT2D eigenvalue weighted by Crippen LogP contribution is 2.38. The third-order valence-corrected chi connectivity index (χ3v) is 5.79. The second-order valence-corrected chi connectivity index (χ2v) is 8.17. The van der Waals surface area contributed by atoms with E-state index in [-0.39, 0.29) is 31.2 Å². The molecule has 0 atom stereocenters. The van der Waals surface area contributed by atoms with Crippen LogP contribution in [0.15, 0.2) is 65.6 Å². The van der Waals surface area contributed by atoms with Crippen molar-refractivity contribution in [1.82, 2.24) is 14.7 Å². The lowest BCUT2D eigenvalue weighted by Gasteiger charge is -2.13. The van der Waals surface area contributed by atoms with Crippen molar-refractivity contribution < 1.29 is 14.6 Å². The number of nitrogens with zero attached hydrogens (tertiary/aromatic N) is 2. The van der Waals surface area contributed by atoms with Gasteiger partial charge >= 0.3 is 0 Å². The zero-order valence-electron chi connectivity index (χ0n) is 18.2. The Morgan fingerprint density at radius 1 is 1.15 bits per heavy atom. The van der Waals surface area contributed by atoms with Gasteiger partial charge in [-0.1, -0.05) is 30.4 Å². The predicted molar refractivity (Wildman–Crippen MR) is 129 cm³/mol. The lowest BCUT2D eigenvalue weighted by Crippen LogP contribution is -2.31. The molecule has 0 saturated carbocycles. The van der Waals surface area contributed by atoms with Crippen molar-refractivity contribution >= 4 is 44.0 Å². The Morgan fingerprint density at radius 2 is 1.94 bits per heavy atom. The smallest absolute Gasteiger partial charge is 0.263 e. The average molecular weight is 441 g/mol. The standard InChI is InChI=1S/C26H23N3O4/c1-15(2)13-19-21(33-14-22(31)27-11-12-30)8-7-20-23(19)18-9-10-28-24-16-5-3-4-6-17(16)26(32)29(20)25(18)24/h3-10,30H,1,11-14H2,2H3,(H,27,31). The van der Waals surface area contributed by atoms with Gasteiger partial charge in [-0.2, -0.15) is 0 Å². The first-order valence-corrected chi connectivity index (χ1v) is 10.7. The molecule has 5 rings (SSSR count). The van der Waals surface area contributed by atoms with Gasteiger partial charge in [-0.25, -0.2) is 0 Å². The van der Waals surface area contributed by atoms with E-state index in [1.54, 1.807) is 16.7 Å². The Kier molecular flexibility index (Phi) is 5.18.